The van der Waals surface area contributed by atoms with Gasteiger partial charge in [0.2, 0.25) is 0 Å². The summed E-state index contributed by atoms with van der Waals surface area (Å²) in [6, 6.07) is 6.10. The molecule has 0 aromatic heterocycles. The number of carbonyl (C=O) groups is 2. The highest BCUT2D eigenvalue weighted by atomic mass is 16.6. The molecule has 5 heteroatoms. The number of hydrogen-bond donors (Lipinski definition) is 1. The molecule has 0 aliphatic carbocycles. The molecule has 1 aromatic rings. The fourth-order valence-corrected chi connectivity index (χ4v) is 1.07. The third kappa shape index (κ3) is 3.06. The van der Waals surface area contributed by atoms with E-state index in [1.807, 2.05) is 0 Å². The average Bonchev–Trinajstić information content (AvgIpc) is 2.35. The van der Waals surface area contributed by atoms with E-state index < -0.39 is 5.97 Å². The topological polar surface area (TPSA) is 64.6 Å². The van der Waals surface area contributed by atoms with Gasteiger partial charge in [0.15, 0.2) is 0 Å². The Bertz CT molecular complexity index is 372. The van der Waals surface area contributed by atoms with Gasteiger partial charge >= 0.3 is 5.97 Å². The first-order valence-corrected chi connectivity index (χ1v) is 4.79. The largest absolute Gasteiger partial charge is 0.465 e. The molecule has 0 bridgehead atoms. The van der Waals surface area contributed by atoms with E-state index in [2.05, 4.69) is 10.2 Å². The lowest BCUT2D eigenvalue weighted by atomic mass is 10.1. The second kappa shape index (κ2) is 5.87. The van der Waals surface area contributed by atoms with Gasteiger partial charge in [-0.05, 0) is 31.2 Å². The van der Waals surface area contributed by atoms with Crippen LogP contribution in [0.2, 0.25) is 0 Å². The van der Waals surface area contributed by atoms with Gasteiger partial charge in [0.1, 0.15) is 0 Å². The minimum absolute atomic E-state index is 0.349. The van der Waals surface area contributed by atoms with Crippen molar-refractivity contribution in [3.05, 3.63) is 35.4 Å². The van der Waals surface area contributed by atoms with Gasteiger partial charge < -0.3 is 4.74 Å². The summed E-state index contributed by atoms with van der Waals surface area (Å²) in [5, 5.41) is 0. The Hall–Kier alpha value is -1.88. The summed E-state index contributed by atoms with van der Waals surface area (Å²) in [5.41, 5.74) is 3.07. The molecule has 0 heterocycles. The van der Waals surface area contributed by atoms with Gasteiger partial charge in [0.05, 0.1) is 19.3 Å². The van der Waals surface area contributed by atoms with Crippen LogP contribution < -0.4 is 5.48 Å². The van der Waals surface area contributed by atoms with Crippen molar-refractivity contribution in [3.8, 4) is 0 Å². The molecule has 1 N–H and O–H groups in total. The van der Waals surface area contributed by atoms with E-state index in [1.54, 1.807) is 6.92 Å². The Labute approximate surface area is 93.3 Å². The molecule has 0 spiro atoms. The van der Waals surface area contributed by atoms with E-state index in [4.69, 9.17) is 4.84 Å². The predicted octanol–water partition coefficient (Wildman–Crippen LogP) is 1.15. The minimum atomic E-state index is -0.434. The monoisotopic (exact) mass is 223 g/mol. The third-order valence-electron chi connectivity index (χ3n) is 1.88. The summed E-state index contributed by atoms with van der Waals surface area (Å²) < 4.78 is 4.54. The standard InChI is InChI=1S/C11H13NO4/c1-3-16-12-10(13)8-4-6-9(7-5-8)11(14)15-2/h4-7H,3H2,1-2H3,(H,12,13). The van der Waals surface area contributed by atoms with Crippen molar-refractivity contribution in [3.63, 3.8) is 0 Å². The molecule has 0 aliphatic heterocycles. The smallest absolute Gasteiger partial charge is 0.337 e. The molecule has 16 heavy (non-hydrogen) atoms. The van der Waals surface area contributed by atoms with E-state index >= 15 is 0 Å². The molecule has 1 aromatic carbocycles. The van der Waals surface area contributed by atoms with E-state index in [0.717, 1.165) is 0 Å². The number of methoxy groups -OCH3 is 1. The first-order chi connectivity index (χ1) is 7.69. The van der Waals surface area contributed by atoms with Crippen molar-refractivity contribution in [1.29, 1.82) is 0 Å². The zero-order chi connectivity index (χ0) is 12.0. The molecular weight excluding hydrogens is 210 g/mol. The first-order valence-electron chi connectivity index (χ1n) is 4.79. The maximum absolute atomic E-state index is 11.4. The van der Waals surface area contributed by atoms with Crippen LogP contribution in [0.1, 0.15) is 27.6 Å². The Morgan fingerprint density at radius 3 is 2.25 bits per heavy atom. The number of benzene rings is 1. The third-order valence-corrected chi connectivity index (χ3v) is 1.88. The second-order valence-electron chi connectivity index (χ2n) is 2.93. The molecule has 0 radical (unpaired) electrons. The van der Waals surface area contributed by atoms with Gasteiger partial charge in [-0.15, -0.1) is 0 Å². The number of rotatable bonds is 4. The van der Waals surface area contributed by atoms with Crippen molar-refractivity contribution in [2.24, 2.45) is 0 Å². The SMILES string of the molecule is CCONC(=O)c1ccc(C(=O)OC)cc1. The summed E-state index contributed by atoms with van der Waals surface area (Å²) in [6.45, 7) is 2.16. The molecule has 0 saturated carbocycles. The van der Waals surface area contributed by atoms with Gasteiger partial charge in [-0.1, -0.05) is 0 Å². The van der Waals surface area contributed by atoms with Gasteiger partial charge in [-0.2, -0.15) is 0 Å². The van der Waals surface area contributed by atoms with Crippen LogP contribution in [0.25, 0.3) is 0 Å². The predicted molar refractivity (Wildman–Crippen MR) is 56.9 cm³/mol. The van der Waals surface area contributed by atoms with Crippen molar-refractivity contribution in [1.82, 2.24) is 5.48 Å². The van der Waals surface area contributed by atoms with E-state index in [-0.39, 0.29) is 5.91 Å². The maximum Gasteiger partial charge on any atom is 0.337 e. The molecule has 0 unspecified atom stereocenters. The van der Waals surface area contributed by atoms with Gasteiger partial charge in [-0.25, -0.2) is 10.3 Å². The lowest BCUT2D eigenvalue weighted by Crippen LogP contribution is -2.23. The molecule has 1 rings (SSSR count). The fourth-order valence-electron chi connectivity index (χ4n) is 1.07. The van der Waals surface area contributed by atoms with E-state index in [1.165, 1.54) is 31.4 Å². The van der Waals surface area contributed by atoms with Crippen LogP contribution in [-0.2, 0) is 9.57 Å². The number of ether oxygens (including phenoxy) is 1. The van der Waals surface area contributed by atoms with Gasteiger partial charge in [0, 0.05) is 5.56 Å². The molecule has 0 saturated heterocycles. The number of amides is 1. The van der Waals surface area contributed by atoms with Crippen molar-refractivity contribution < 1.29 is 19.2 Å². The lowest BCUT2D eigenvalue weighted by molar-refractivity contribution is 0.0364. The fraction of sp³-hybridized carbons (Fsp3) is 0.273. The summed E-state index contributed by atoms with van der Waals surface area (Å²) in [5.74, 6) is -0.782. The molecule has 0 fully saturated rings. The Morgan fingerprint density at radius 1 is 1.19 bits per heavy atom. The Balaban J connectivity index is 2.71. The number of carbonyl (C=O) groups excluding carboxylic acids is 2. The van der Waals surface area contributed by atoms with Crippen LogP contribution in [0.5, 0.6) is 0 Å². The molecule has 0 atom stereocenters. The van der Waals surface area contributed by atoms with E-state index in [0.29, 0.717) is 17.7 Å². The first kappa shape index (κ1) is 12.2. The van der Waals surface area contributed by atoms with Crippen LogP contribution in [0.15, 0.2) is 24.3 Å². The molecule has 86 valence electrons. The van der Waals surface area contributed by atoms with Crippen LogP contribution >= 0.6 is 0 Å². The van der Waals surface area contributed by atoms with Crippen molar-refractivity contribution in [2.75, 3.05) is 13.7 Å². The normalized spacial score (nSPS) is 9.62. The average molecular weight is 223 g/mol. The zero-order valence-electron chi connectivity index (χ0n) is 9.15. The number of nitrogens with one attached hydrogen (secondary N) is 1. The summed E-state index contributed by atoms with van der Waals surface area (Å²) >= 11 is 0. The van der Waals surface area contributed by atoms with E-state index in [9.17, 15) is 9.59 Å². The summed E-state index contributed by atoms with van der Waals surface area (Å²) in [7, 11) is 1.30. The van der Waals surface area contributed by atoms with Gasteiger partial charge in [0.25, 0.3) is 5.91 Å². The van der Waals surface area contributed by atoms with Crippen molar-refractivity contribution >= 4 is 11.9 Å². The van der Waals surface area contributed by atoms with Crippen molar-refractivity contribution in [2.45, 2.75) is 6.92 Å². The summed E-state index contributed by atoms with van der Waals surface area (Å²) in [6.07, 6.45) is 0. The molecule has 1 amide bonds. The highest BCUT2D eigenvalue weighted by molar-refractivity contribution is 5.95. The number of hydroxylamine groups is 1. The Morgan fingerprint density at radius 2 is 1.75 bits per heavy atom. The highest BCUT2D eigenvalue weighted by Gasteiger charge is 2.08. The quantitative estimate of drug-likeness (QED) is 0.614. The minimum Gasteiger partial charge on any atom is -0.465 e. The van der Waals surface area contributed by atoms with Crippen LogP contribution in [0.3, 0.4) is 0 Å². The summed E-state index contributed by atoms with van der Waals surface area (Å²) in [4.78, 5) is 27.3. The highest BCUT2D eigenvalue weighted by Crippen LogP contribution is 2.05. The second-order valence-corrected chi connectivity index (χ2v) is 2.93. The molecular formula is C11H13NO4. The van der Waals surface area contributed by atoms with Crippen LogP contribution in [0.4, 0.5) is 0 Å². The van der Waals surface area contributed by atoms with Gasteiger partial charge in [-0.3, -0.25) is 9.63 Å². The molecule has 0 aliphatic rings. The maximum atomic E-state index is 11.4. The number of esters is 1. The lowest BCUT2D eigenvalue weighted by Gasteiger charge is -2.04. The zero-order valence-corrected chi connectivity index (χ0v) is 9.15. The Kier molecular flexibility index (Phi) is 4.47. The van der Waals surface area contributed by atoms with Crippen LogP contribution in [0, 0.1) is 0 Å². The number of hydrogen-bond acceptors (Lipinski definition) is 4. The molecule has 5 nitrogen and oxygen atoms in total. The van der Waals surface area contributed by atoms with Crippen LogP contribution in [-0.4, -0.2) is 25.6 Å².